The highest BCUT2D eigenvalue weighted by Crippen LogP contribution is 2.21. The molecule has 6 heteroatoms. The molecule has 2 N–H and O–H groups in total. The van der Waals surface area contributed by atoms with E-state index in [1.807, 2.05) is 6.92 Å². The van der Waals surface area contributed by atoms with Crippen molar-refractivity contribution in [3.8, 4) is 5.69 Å². The van der Waals surface area contributed by atoms with Gasteiger partial charge in [-0.1, -0.05) is 19.1 Å². The van der Waals surface area contributed by atoms with Gasteiger partial charge in [0.2, 0.25) is 0 Å². The lowest BCUT2D eigenvalue weighted by atomic mass is 10.1. The molecule has 3 aromatic rings. The fourth-order valence-corrected chi connectivity index (χ4v) is 2.76. The fraction of sp³-hybridized carbons (Fsp3) is 0.222. The van der Waals surface area contributed by atoms with Crippen molar-refractivity contribution in [2.45, 2.75) is 26.3 Å². The van der Waals surface area contributed by atoms with Crippen LogP contribution in [0, 0.1) is 18.6 Å². The number of nitrogens with two attached hydrogens (primary N) is 1. The van der Waals surface area contributed by atoms with Crippen molar-refractivity contribution in [3.05, 3.63) is 69.8 Å². The number of halogens is 2. The molecular weight excluding hydrogens is 312 g/mol. The normalized spacial score (nSPS) is 12.5. The first-order chi connectivity index (χ1) is 11.4. The monoisotopic (exact) mass is 329 g/mol. The molecule has 0 radical (unpaired) electrons. The van der Waals surface area contributed by atoms with Crippen molar-refractivity contribution in [2.24, 2.45) is 5.73 Å². The van der Waals surface area contributed by atoms with Crippen LogP contribution in [0.5, 0.6) is 0 Å². The maximum Gasteiger partial charge on any atom is 0.266 e. The third-order valence-corrected chi connectivity index (χ3v) is 4.01. The van der Waals surface area contributed by atoms with Crippen LogP contribution < -0.4 is 11.3 Å². The molecule has 0 aliphatic carbocycles. The third kappa shape index (κ3) is 2.69. The molecule has 0 aliphatic rings. The van der Waals surface area contributed by atoms with Gasteiger partial charge in [-0.2, -0.15) is 0 Å². The first kappa shape index (κ1) is 16.3. The van der Waals surface area contributed by atoms with Crippen molar-refractivity contribution < 1.29 is 8.78 Å². The van der Waals surface area contributed by atoms with Crippen LogP contribution >= 0.6 is 0 Å². The minimum Gasteiger partial charge on any atom is -0.321 e. The van der Waals surface area contributed by atoms with E-state index in [9.17, 15) is 13.6 Å². The van der Waals surface area contributed by atoms with Gasteiger partial charge >= 0.3 is 0 Å². The number of benzene rings is 2. The van der Waals surface area contributed by atoms with E-state index in [2.05, 4.69) is 4.98 Å². The average molecular weight is 329 g/mol. The van der Waals surface area contributed by atoms with Gasteiger partial charge in [-0.05, 0) is 37.1 Å². The quantitative estimate of drug-likeness (QED) is 0.801. The SMILES string of the molecule is CCC(N)c1nc2cccc(C)c2c(=O)n1-c1cc(F)cc(F)c1. The molecule has 3 rings (SSSR count). The van der Waals surface area contributed by atoms with Crippen molar-refractivity contribution in [3.63, 3.8) is 0 Å². The maximum absolute atomic E-state index is 13.6. The number of nitrogens with zero attached hydrogens (tertiary/aromatic N) is 2. The number of aromatic nitrogens is 2. The van der Waals surface area contributed by atoms with Gasteiger partial charge in [0.25, 0.3) is 5.56 Å². The lowest BCUT2D eigenvalue weighted by Crippen LogP contribution is -2.29. The van der Waals surface area contributed by atoms with Gasteiger partial charge < -0.3 is 5.73 Å². The Bertz CT molecular complexity index is 962. The molecule has 4 nitrogen and oxygen atoms in total. The molecule has 0 saturated heterocycles. The Kier molecular flexibility index (Phi) is 4.15. The summed E-state index contributed by atoms with van der Waals surface area (Å²) in [4.78, 5) is 17.5. The van der Waals surface area contributed by atoms with Crippen molar-refractivity contribution >= 4 is 10.9 Å². The van der Waals surface area contributed by atoms with Crippen molar-refractivity contribution in [2.75, 3.05) is 0 Å². The van der Waals surface area contributed by atoms with Gasteiger partial charge in [0.1, 0.15) is 17.5 Å². The molecule has 2 aromatic carbocycles. The molecule has 0 bridgehead atoms. The Balaban J connectivity index is 2.46. The zero-order valence-corrected chi connectivity index (χ0v) is 13.4. The molecule has 0 saturated carbocycles. The summed E-state index contributed by atoms with van der Waals surface area (Å²) in [7, 11) is 0. The van der Waals surface area contributed by atoms with E-state index in [1.54, 1.807) is 25.1 Å². The van der Waals surface area contributed by atoms with E-state index in [0.29, 0.717) is 17.3 Å². The summed E-state index contributed by atoms with van der Waals surface area (Å²) in [5, 5.41) is 0.411. The number of aryl methyl sites for hydroxylation is 1. The Morgan fingerprint density at radius 2 is 1.88 bits per heavy atom. The van der Waals surface area contributed by atoms with Gasteiger partial charge in [0.15, 0.2) is 0 Å². The summed E-state index contributed by atoms with van der Waals surface area (Å²) in [5.74, 6) is -1.25. The summed E-state index contributed by atoms with van der Waals surface area (Å²) >= 11 is 0. The summed E-state index contributed by atoms with van der Waals surface area (Å²) in [6, 6.07) is 7.75. The van der Waals surface area contributed by atoms with E-state index in [1.165, 1.54) is 4.57 Å². The van der Waals surface area contributed by atoms with E-state index < -0.39 is 17.7 Å². The zero-order valence-electron chi connectivity index (χ0n) is 13.4. The fourth-order valence-electron chi connectivity index (χ4n) is 2.76. The summed E-state index contributed by atoms with van der Waals surface area (Å²) in [6.07, 6.45) is 0.529. The van der Waals surface area contributed by atoms with Crippen LogP contribution in [0.4, 0.5) is 8.78 Å². The highest BCUT2D eigenvalue weighted by Gasteiger charge is 2.19. The smallest absolute Gasteiger partial charge is 0.266 e. The van der Waals surface area contributed by atoms with E-state index in [0.717, 1.165) is 23.8 Å². The van der Waals surface area contributed by atoms with Crippen LogP contribution in [0.15, 0.2) is 41.2 Å². The molecule has 24 heavy (non-hydrogen) atoms. The standard InChI is InChI=1S/C18H17F2N3O/c1-3-14(21)17-22-15-6-4-5-10(2)16(15)18(24)23(17)13-8-11(19)7-12(20)9-13/h4-9,14H,3,21H2,1-2H3. The molecule has 0 spiro atoms. The molecule has 0 fully saturated rings. The largest absolute Gasteiger partial charge is 0.321 e. The Morgan fingerprint density at radius 3 is 2.50 bits per heavy atom. The third-order valence-electron chi connectivity index (χ3n) is 4.01. The van der Waals surface area contributed by atoms with Gasteiger partial charge in [0, 0.05) is 6.07 Å². The van der Waals surface area contributed by atoms with Gasteiger partial charge in [-0.3, -0.25) is 9.36 Å². The Labute approximate surface area is 137 Å². The molecule has 1 atom stereocenters. The lowest BCUT2D eigenvalue weighted by molar-refractivity contribution is 0.576. The topological polar surface area (TPSA) is 60.9 Å². The van der Waals surface area contributed by atoms with Gasteiger partial charge in [-0.25, -0.2) is 13.8 Å². The molecule has 124 valence electrons. The molecule has 0 amide bonds. The van der Waals surface area contributed by atoms with Crippen molar-refractivity contribution in [1.82, 2.24) is 9.55 Å². The van der Waals surface area contributed by atoms with Crippen LogP contribution in [0.2, 0.25) is 0 Å². The number of fused-ring (bicyclic) bond motifs is 1. The average Bonchev–Trinajstić information content (AvgIpc) is 2.52. The molecular formula is C18H17F2N3O. The molecule has 0 aliphatic heterocycles. The highest BCUT2D eigenvalue weighted by atomic mass is 19.1. The number of hydrogen-bond donors (Lipinski definition) is 1. The van der Waals surface area contributed by atoms with E-state index >= 15 is 0 Å². The molecule has 1 unspecified atom stereocenters. The summed E-state index contributed by atoms with van der Waals surface area (Å²) in [5.41, 5.74) is 7.05. The second-order valence-corrected chi connectivity index (χ2v) is 5.72. The summed E-state index contributed by atoms with van der Waals surface area (Å²) < 4.78 is 28.5. The second kappa shape index (κ2) is 6.13. The lowest BCUT2D eigenvalue weighted by Gasteiger charge is -2.18. The van der Waals surface area contributed by atoms with Crippen LogP contribution in [-0.4, -0.2) is 9.55 Å². The zero-order chi connectivity index (χ0) is 17.4. The predicted molar refractivity (Wildman–Crippen MR) is 89.2 cm³/mol. The van der Waals surface area contributed by atoms with Gasteiger partial charge in [-0.15, -0.1) is 0 Å². The minimum atomic E-state index is -0.766. The molecule has 1 aromatic heterocycles. The van der Waals surface area contributed by atoms with Crippen LogP contribution in [0.1, 0.15) is 30.8 Å². The minimum absolute atomic E-state index is 0.0778. The molecule has 1 heterocycles. The van der Waals surface area contributed by atoms with E-state index in [-0.39, 0.29) is 17.1 Å². The Hall–Kier alpha value is -2.60. The van der Waals surface area contributed by atoms with Crippen LogP contribution in [0.25, 0.3) is 16.6 Å². The highest BCUT2D eigenvalue weighted by molar-refractivity contribution is 5.81. The first-order valence-electron chi connectivity index (χ1n) is 7.66. The van der Waals surface area contributed by atoms with Crippen LogP contribution in [-0.2, 0) is 0 Å². The number of rotatable bonds is 3. The first-order valence-corrected chi connectivity index (χ1v) is 7.66. The van der Waals surface area contributed by atoms with Crippen molar-refractivity contribution in [1.29, 1.82) is 0 Å². The maximum atomic E-state index is 13.6. The Morgan fingerprint density at radius 1 is 1.21 bits per heavy atom. The predicted octanol–water partition coefficient (Wildman–Crippen LogP) is 3.38. The van der Waals surface area contributed by atoms with Crippen LogP contribution in [0.3, 0.4) is 0 Å². The number of hydrogen-bond acceptors (Lipinski definition) is 3. The summed E-state index contributed by atoms with van der Waals surface area (Å²) in [6.45, 7) is 3.65. The van der Waals surface area contributed by atoms with E-state index in [4.69, 9.17) is 5.73 Å². The van der Waals surface area contributed by atoms with Gasteiger partial charge in [0.05, 0.1) is 22.6 Å². The second-order valence-electron chi connectivity index (χ2n) is 5.72.